The molecule has 0 radical (unpaired) electrons. The van der Waals surface area contributed by atoms with E-state index in [0.717, 1.165) is 18.2 Å². The van der Waals surface area contributed by atoms with Crippen LogP contribution < -0.4 is 0 Å². The Labute approximate surface area is 141 Å². The molecule has 0 aliphatic carbocycles. The predicted molar refractivity (Wildman–Crippen MR) is 98.3 cm³/mol. The quantitative estimate of drug-likeness (QED) is 0.165. The van der Waals surface area contributed by atoms with Gasteiger partial charge in [-0.1, -0.05) is 73.0 Å². The summed E-state index contributed by atoms with van der Waals surface area (Å²) in [7, 11) is 0. The number of allylic oxidation sites excluding steroid dienone is 2. The molecule has 0 N–H and O–H groups in total. The molecule has 0 fully saturated rings. The van der Waals surface area contributed by atoms with Gasteiger partial charge in [-0.3, -0.25) is 0 Å². The van der Waals surface area contributed by atoms with Crippen molar-refractivity contribution in [3.05, 3.63) is 12.2 Å². The molecule has 124 valence electrons. The summed E-state index contributed by atoms with van der Waals surface area (Å²) < 4.78 is 0. The van der Waals surface area contributed by atoms with Crippen LogP contribution in [0.5, 0.6) is 0 Å². The lowest BCUT2D eigenvalue weighted by molar-refractivity contribution is -0.117. The van der Waals surface area contributed by atoms with Gasteiger partial charge in [0.15, 0.2) is 0 Å². The van der Waals surface area contributed by atoms with Crippen LogP contribution in [-0.4, -0.2) is 11.1 Å². The van der Waals surface area contributed by atoms with E-state index < -0.39 is 0 Å². The second kappa shape index (κ2) is 17.9. The SMILES string of the molecule is CC(=O)CCCCCCC/C=C\CCCCCCCCBr. The van der Waals surface area contributed by atoms with E-state index in [2.05, 4.69) is 28.1 Å². The summed E-state index contributed by atoms with van der Waals surface area (Å²) >= 11 is 3.47. The van der Waals surface area contributed by atoms with Crippen molar-refractivity contribution in [2.75, 3.05) is 5.33 Å². The molecule has 0 atom stereocenters. The van der Waals surface area contributed by atoms with Gasteiger partial charge < -0.3 is 4.79 Å². The molecular weight excluding hydrogens is 324 g/mol. The largest absolute Gasteiger partial charge is 0.300 e. The molecule has 0 saturated carbocycles. The highest BCUT2D eigenvalue weighted by Crippen LogP contribution is 2.10. The van der Waals surface area contributed by atoms with Crippen LogP contribution in [0, 0.1) is 0 Å². The second-order valence-corrected chi connectivity index (χ2v) is 6.87. The maximum atomic E-state index is 10.8. The van der Waals surface area contributed by atoms with Crippen molar-refractivity contribution in [1.29, 1.82) is 0 Å². The third kappa shape index (κ3) is 19.9. The summed E-state index contributed by atoms with van der Waals surface area (Å²) in [4.78, 5) is 10.8. The lowest BCUT2D eigenvalue weighted by atomic mass is 10.1. The Hall–Kier alpha value is -0.110. The third-order valence-electron chi connectivity index (χ3n) is 3.82. The van der Waals surface area contributed by atoms with Crippen molar-refractivity contribution in [1.82, 2.24) is 0 Å². The van der Waals surface area contributed by atoms with Crippen molar-refractivity contribution in [2.45, 2.75) is 96.8 Å². The molecule has 2 heteroatoms. The maximum absolute atomic E-state index is 10.8. The number of rotatable bonds is 16. The molecule has 0 rings (SSSR count). The lowest BCUT2D eigenvalue weighted by Crippen LogP contribution is -1.89. The summed E-state index contributed by atoms with van der Waals surface area (Å²) in [6, 6.07) is 0. The minimum absolute atomic E-state index is 0.334. The predicted octanol–water partition coefficient (Wildman–Crippen LogP) is 6.99. The van der Waals surface area contributed by atoms with Crippen molar-refractivity contribution in [2.24, 2.45) is 0 Å². The highest BCUT2D eigenvalue weighted by molar-refractivity contribution is 9.09. The zero-order chi connectivity index (χ0) is 15.6. The van der Waals surface area contributed by atoms with Crippen LogP contribution >= 0.6 is 15.9 Å². The van der Waals surface area contributed by atoms with Gasteiger partial charge in [0.2, 0.25) is 0 Å². The average Bonchev–Trinajstić information content (AvgIpc) is 2.46. The molecule has 0 amide bonds. The van der Waals surface area contributed by atoms with Crippen LogP contribution in [-0.2, 0) is 4.79 Å². The topological polar surface area (TPSA) is 17.1 Å². The van der Waals surface area contributed by atoms with E-state index in [4.69, 9.17) is 0 Å². The molecule has 0 aromatic carbocycles. The first kappa shape index (κ1) is 20.9. The van der Waals surface area contributed by atoms with E-state index in [-0.39, 0.29) is 0 Å². The first-order valence-corrected chi connectivity index (χ1v) is 10.1. The van der Waals surface area contributed by atoms with Gasteiger partial charge in [0, 0.05) is 11.8 Å². The van der Waals surface area contributed by atoms with Crippen molar-refractivity contribution < 1.29 is 4.79 Å². The zero-order valence-corrected chi connectivity index (χ0v) is 15.6. The first-order valence-electron chi connectivity index (χ1n) is 8.97. The molecule has 0 aliphatic heterocycles. The first-order chi connectivity index (χ1) is 10.3. The number of carbonyl (C=O) groups is 1. The molecule has 0 saturated heterocycles. The number of halogens is 1. The molecule has 0 bridgehead atoms. The van der Waals surface area contributed by atoms with Crippen molar-refractivity contribution >= 4 is 21.7 Å². The van der Waals surface area contributed by atoms with Crippen molar-refractivity contribution in [3.8, 4) is 0 Å². The number of unbranched alkanes of at least 4 members (excludes halogenated alkanes) is 11. The minimum atomic E-state index is 0.334. The highest BCUT2D eigenvalue weighted by atomic mass is 79.9. The second-order valence-electron chi connectivity index (χ2n) is 6.08. The molecule has 0 aromatic rings. The van der Waals surface area contributed by atoms with Gasteiger partial charge in [0.25, 0.3) is 0 Å². The van der Waals surface area contributed by atoms with Crippen LogP contribution in [0.1, 0.15) is 96.8 Å². The number of carbonyl (C=O) groups excluding carboxylic acids is 1. The molecule has 0 aliphatic rings. The Morgan fingerprint density at radius 3 is 1.62 bits per heavy atom. The van der Waals surface area contributed by atoms with E-state index in [9.17, 15) is 4.79 Å². The smallest absolute Gasteiger partial charge is 0.129 e. The lowest BCUT2D eigenvalue weighted by Gasteiger charge is -1.99. The maximum Gasteiger partial charge on any atom is 0.129 e. The van der Waals surface area contributed by atoms with Gasteiger partial charge in [0.05, 0.1) is 0 Å². The standard InChI is InChI=1S/C19H35BrO/c1-19(21)17-15-13-11-9-7-5-3-2-4-6-8-10-12-14-16-18-20/h2-3H,4-18H2,1H3/b3-2-. The van der Waals surface area contributed by atoms with Crippen LogP contribution in [0.3, 0.4) is 0 Å². The molecule has 1 nitrogen and oxygen atoms in total. The number of hydrogen-bond acceptors (Lipinski definition) is 1. The van der Waals surface area contributed by atoms with Crippen LogP contribution in [0.15, 0.2) is 12.2 Å². The Morgan fingerprint density at radius 1 is 0.714 bits per heavy atom. The molecule has 0 unspecified atom stereocenters. The molecule has 21 heavy (non-hydrogen) atoms. The molecule has 0 aromatic heterocycles. The fourth-order valence-corrected chi connectivity index (χ4v) is 2.86. The fourth-order valence-electron chi connectivity index (χ4n) is 2.47. The summed E-state index contributed by atoms with van der Waals surface area (Å²) in [5, 5.41) is 1.16. The Kier molecular flexibility index (Phi) is 17.8. The third-order valence-corrected chi connectivity index (χ3v) is 4.38. The van der Waals surface area contributed by atoms with Gasteiger partial charge in [-0.2, -0.15) is 0 Å². The Bertz CT molecular complexity index is 248. The van der Waals surface area contributed by atoms with Gasteiger partial charge in [-0.15, -0.1) is 0 Å². The average molecular weight is 359 g/mol. The number of hydrogen-bond donors (Lipinski definition) is 0. The van der Waals surface area contributed by atoms with Gasteiger partial charge in [-0.25, -0.2) is 0 Å². The van der Waals surface area contributed by atoms with Crippen LogP contribution in [0.2, 0.25) is 0 Å². The van der Waals surface area contributed by atoms with Gasteiger partial charge in [0.1, 0.15) is 5.78 Å². The minimum Gasteiger partial charge on any atom is -0.300 e. The summed E-state index contributed by atoms with van der Waals surface area (Å²) in [5.74, 6) is 0.334. The normalized spacial score (nSPS) is 11.3. The van der Waals surface area contributed by atoms with Gasteiger partial charge >= 0.3 is 0 Å². The van der Waals surface area contributed by atoms with Crippen LogP contribution in [0.25, 0.3) is 0 Å². The molecule has 0 spiro atoms. The molecular formula is C19H35BrO. The van der Waals surface area contributed by atoms with Crippen LogP contribution in [0.4, 0.5) is 0 Å². The summed E-state index contributed by atoms with van der Waals surface area (Å²) in [6.07, 6.45) is 22.5. The number of alkyl halides is 1. The number of Topliss-reactive ketones (excluding diaryl/α,β-unsaturated/α-hetero) is 1. The Balaban J connectivity index is 3.07. The van der Waals surface area contributed by atoms with Crippen molar-refractivity contribution in [3.63, 3.8) is 0 Å². The van der Waals surface area contributed by atoms with E-state index in [1.54, 1.807) is 6.92 Å². The Morgan fingerprint density at radius 2 is 1.14 bits per heavy atom. The van der Waals surface area contributed by atoms with E-state index in [0.29, 0.717) is 5.78 Å². The fraction of sp³-hybridized carbons (Fsp3) is 0.842. The summed E-state index contributed by atoms with van der Waals surface area (Å²) in [6.45, 7) is 1.69. The van der Waals surface area contributed by atoms with Gasteiger partial charge in [-0.05, 0) is 45.4 Å². The highest BCUT2D eigenvalue weighted by Gasteiger charge is 1.94. The summed E-state index contributed by atoms with van der Waals surface area (Å²) in [5.41, 5.74) is 0. The van der Waals surface area contributed by atoms with E-state index in [1.165, 1.54) is 77.0 Å². The monoisotopic (exact) mass is 358 g/mol. The molecule has 0 heterocycles. The number of ketones is 1. The van der Waals surface area contributed by atoms with E-state index >= 15 is 0 Å². The van der Waals surface area contributed by atoms with E-state index in [1.807, 2.05) is 0 Å². The zero-order valence-electron chi connectivity index (χ0n) is 14.0.